The van der Waals surface area contributed by atoms with Crippen LogP contribution in [0.25, 0.3) is 0 Å². The van der Waals surface area contributed by atoms with Crippen molar-refractivity contribution < 1.29 is 14.3 Å². The summed E-state index contributed by atoms with van der Waals surface area (Å²) in [7, 11) is 0. The topological polar surface area (TPSA) is 62.5 Å². The van der Waals surface area contributed by atoms with Gasteiger partial charge in [0, 0.05) is 10.2 Å². The number of furan rings is 1. The van der Waals surface area contributed by atoms with E-state index in [0.29, 0.717) is 12.3 Å². The van der Waals surface area contributed by atoms with Crippen LogP contribution in [-0.4, -0.2) is 11.1 Å². The molecule has 0 bridgehead atoms. The maximum atomic E-state index is 10.7. The maximum absolute atomic E-state index is 10.7. The molecule has 0 radical (unpaired) electrons. The van der Waals surface area contributed by atoms with Crippen molar-refractivity contribution in [1.29, 1.82) is 0 Å². The van der Waals surface area contributed by atoms with Crippen molar-refractivity contribution in [2.45, 2.75) is 13.5 Å². The monoisotopic (exact) mass is 309 g/mol. The SMILES string of the molecule is Cc1ccc(NCc2ccc(C(=O)O)o2)cc1Br. The van der Waals surface area contributed by atoms with E-state index in [2.05, 4.69) is 21.2 Å². The number of aromatic carboxylic acids is 1. The van der Waals surface area contributed by atoms with Gasteiger partial charge in [-0.15, -0.1) is 0 Å². The van der Waals surface area contributed by atoms with Crippen LogP contribution in [0.2, 0.25) is 0 Å². The zero-order valence-corrected chi connectivity index (χ0v) is 11.3. The molecule has 0 saturated carbocycles. The molecule has 0 aliphatic heterocycles. The number of anilines is 1. The van der Waals surface area contributed by atoms with Crippen molar-refractivity contribution in [2.24, 2.45) is 0 Å². The number of nitrogens with one attached hydrogen (secondary N) is 1. The van der Waals surface area contributed by atoms with E-state index in [-0.39, 0.29) is 5.76 Å². The van der Waals surface area contributed by atoms with Gasteiger partial charge in [-0.05, 0) is 36.8 Å². The minimum Gasteiger partial charge on any atom is -0.475 e. The summed E-state index contributed by atoms with van der Waals surface area (Å²) in [5.74, 6) is -0.514. The molecule has 0 fully saturated rings. The number of hydrogen-bond donors (Lipinski definition) is 2. The smallest absolute Gasteiger partial charge is 0.371 e. The molecule has 1 heterocycles. The van der Waals surface area contributed by atoms with E-state index in [1.54, 1.807) is 6.07 Å². The molecule has 94 valence electrons. The fourth-order valence-corrected chi connectivity index (χ4v) is 1.86. The first-order valence-electron chi connectivity index (χ1n) is 5.38. The van der Waals surface area contributed by atoms with Crippen molar-refractivity contribution in [3.05, 3.63) is 51.9 Å². The Morgan fingerprint density at radius 2 is 2.17 bits per heavy atom. The zero-order chi connectivity index (χ0) is 13.1. The molecule has 2 N–H and O–H groups in total. The molecule has 2 aromatic rings. The second-order valence-corrected chi connectivity index (χ2v) is 4.74. The van der Waals surface area contributed by atoms with Crippen LogP contribution in [0.3, 0.4) is 0 Å². The number of carbonyl (C=O) groups is 1. The average Bonchev–Trinajstić information content (AvgIpc) is 2.79. The first kappa shape index (κ1) is 12.7. The van der Waals surface area contributed by atoms with Gasteiger partial charge in [-0.2, -0.15) is 0 Å². The molecular weight excluding hydrogens is 298 g/mol. The largest absolute Gasteiger partial charge is 0.475 e. The van der Waals surface area contributed by atoms with Gasteiger partial charge in [-0.25, -0.2) is 4.79 Å². The molecule has 18 heavy (non-hydrogen) atoms. The standard InChI is InChI=1S/C13H12BrNO3/c1-8-2-3-9(6-11(8)14)15-7-10-4-5-12(18-10)13(16)17/h2-6,15H,7H2,1H3,(H,16,17). The van der Waals surface area contributed by atoms with Gasteiger partial charge in [-0.1, -0.05) is 22.0 Å². The van der Waals surface area contributed by atoms with Crippen molar-refractivity contribution in [2.75, 3.05) is 5.32 Å². The van der Waals surface area contributed by atoms with Gasteiger partial charge in [-0.3, -0.25) is 0 Å². The lowest BCUT2D eigenvalue weighted by atomic mass is 10.2. The molecule has 0 saturated heterocycles. The number of hydrogen-bond acceptors (Lipinski definition) is 3. The predicted molar refractivity (Wildman–Crippen MR) is 71.9 cm³/mol. The Morgan fingerprint density at radius 3 is 2.78 bits per heavy atom. The van der Waals surface area contributed by atoms with Crippen molar-refractivity contribution in [3.8, 4) is 0 Å². The Morgan fingerprint density at radius 1 is 1.39 bits per heavy atom. The molecule has 1 aromatic carbocycles. The summed E-state index contributed by atoms with van der Waals surface area (Å²) in [4.78, 5) is 10.7. The lowest BCUT2D eigenvalue weighted by molar-refractivity contribution is 0.0660. The molecule has 5 heteroatoms. The summed E-state index contributed by atoms with van der Waals surface area (Å²) in [6.45, 7) is 2.46. The Labute approximate surface area is 113 Å². The first-order valence-corrected chi connectivity index (χ1v) is 6.17. The highest BCUT2D eigenvalue weighted by Gasteiger charge is 2.08. The van der Waals surface area contributed by atoms with Gasteiger partial charge in [0.05, 0.1) is 6.54 Å². The van der Waals surface area contributed by atoms with Gasteiger partial charge >= 0.3 is 5.97 Å². The van der Waals surface area contributed by atoms with Gasteiger partial charge in [0.25, 0.3) is 0 Å². The highest BCUT2D eigenvalue weighted by atomic mass is 79.9. The minimum atomic E-state index is -1.06. The van der Waals surface area contributed by atoms with E-state index < -0.39 is 5.97 Å². The highest BCUT2D eigenvalue weighted by Crippen LogP contribution is 2.21. The lowest BCUT2D eigenvalue weighted by Crippen LogP contribution is -1.98. The van der Waals surface area contributed by atoms with Crippen LogP contribution < -0.4 is 5.32 Å². The first-order chi connectivity index (χ1) is 8.56. The van der Waals surface area contributed by atoms with E-state index in [4.69, 9.17) is 9.52 Å². The quantitative estimate of drug-likeness (QED) is 0.904. The predicted octanol–water partition coefficient (Wildman–Crippen LogP) is 3.66. The summed E-state index contributed by atoms with van der Waals surface area (Å²) in [5.41, 5.74) is 2.10. The third kappa shape index (κ3) is 2.92. The number of aryl methyl sites for hydroxylation is 1. The number of benzene rings is 1. The molecule has 0 atom stereocenters. The zero-order valence-electron chi connectivity index (χ0n) is 9.74. The van der Waals surface area contributed by atoms with E-state index in [1.165, 1.54) is 6.07 Å². The maximum Gasteiger partial charge on any atom is 0.371 e. The van der Waals surface area contributed by atoms with Gasteiger partial charge < -0.3 is 14.8 Å². The fraction of sp³-hybridized carbons (Fsp3) is 0.154. The van der Waals surface area contributed by atoms with Crippen LogP contribution in [0, 0.1) is 6.92 Å². The number of carboxylic acid groups (broad SMARTS) is 1. The molecule has 0 amide bonds. The van der Waals surface area contributed by atoms with Crippen LogP contribution in [0.1, 0.15) is 21.9 Å². The Kier molecular flexibility index (Phi) is 3.72. The number of halogens is 1. The third-order valence-corrected chi connectivity index (χ3v) is 3.37. The van der Waals surface area contributed by atoms with Gasteiger partial charge in [0.15, 0.2) is 0 Å². The van der Waals surface area contributed by atoms with Crippen molar-refractivity contribution >= 4 is 27.6 Å². The Hall–Kier alpha value is -1.75. The Balaban J connectivity index is 2.02. The fourth-order valence-electron chi connectivity index (χ4n) is 1.48. The van der Waals surface area contributed by atoms with Crippen molar-refractivity contribution in [3.63, 3.8) is 0 Å². The van der Waals surface area contributed by atoms with Crippen molar-refractivity contribution in [1.82, 2.24) is 0 Å². The average molecular weight is 310 g/mol. The highest BCUT2D eigenvalue weighted by molar-refractivity contribution is 9.10. The molecular formula is C13H12BrNO3. The number of rotatable bonds is 4. The lowest BCUT2D eigenvalue weighted by Gasteiger charge is -2.06. The molecule has 0 aliphatic carbocycles. The second kappa shape index (κ2) is 5.27. The summed E-state index contributed by atoms with van der Waals surface area (Å²) in [5, 5.41) is 11.9. The Bertz CT molecular complexity index is 577. The molecule has 0 aliphatic rings. The van der Waals surface area contributed by atoms with Crippen LogP contribution in [0.5, 0.6) is 0 Å². The molecule has 0 unspecified atom stereocenters. The summed E-state index contributed by atoms with van der Waals surface area (Å²) in [6.07, 6.45) is 0. The van der Waals surface area contributed by atoms with Crippen LogP contribution in [-0.2, 0) is 6.54 Å². The second-order valence-electron chi connectivity index (χ2n) is 3.89. The van der Waals surface area contributed by atoms with E-state index in [9.17, 15) is 4.79 Å². The van der Waals surface area contributed by atoms with E-state index >= 15 is 0 Å². The van der Waals surface area contributed by atoms with Crippen LogP contribution in [0.15, 0.2) is 39.2 Å². The normalized spacial score (nSPS) is 10.3. The molecule has 1 aromatic heterocycles. The molecule has 2 rings (SSSR count). The summed E-state index contributed by atoms with van der Waals surface area (Å²) in [6, 6.07) is 9.03. The summed E-state index contributed by atoms with van der Waals surface area (Å²) >= 11 is 3.45. The molecule has 4 nitrogen and oxygen atoms in total. The molecule has 0 spiro atoms. The summed E-state index contributed by atoms with van der Waals surface area (Å²) < 4.78 is 6.17. The minimum absolute atomic E-state index is 0.0445. The van der Waals surface area contributed by atoms with Crippen LogP contribution >= 0.6 is 15.9 Å². The van der Waals surface area contributed by atoms with E-state index in [0.717, 1.165) is 15.7 Å². The van der Waals surface area contributed by atoms with Crippen LogP contribution in [0.4, 0.5) is 5.69 Å². The van der Waals surface area contributed by atoms with Gasteiger partial charge in [0.2, 0.25) is 5.76 Å². The third-order valence-electron chi connectivity index (χ3n) is 2.51. The van der Waals surface area contributed by atoms with E-state index in [1.807, 2.05) is 25.1 Å². The van der Waals surface area contributed by atoms with Gasteiger partial charge in [0.1, 0.15) is 5.76 Å². The number of carboxylic acids is 1.